The zero-order chi connectivity index (χ0) is 42.9. The Bertz CT molecular complexity index is 2190. The summed E-state index contributed by atoms with van der Waals surface area (Å²) in [6, 6.07) is 5.22. The molecule has 2 aromatic carbocycles. The molecule has 0 spiro atoms. The van der Waals surface area contributed by atoms with Gasteiger partial charge in [0.05, 0.1) is 35.7 Å². The van der Waals surface area contributed by atoms with Gasteiger partial charge in [0.15, 0.2) is 0 Å². The lowest BCUT2D eigenvalue weighted by atomic mass is 9.94. The maximum Gasteiger partial charge on any atom is 0.245 e. The number of β-amino-alcohol motifs (C(OH)–C–C–N with tert-alkyl or cyclic N) is 2. The van der Waals surface area contributed by atoms with Crippen LogP contribution in [0.4, 0.5) is 8.78 Å². The number of likely N-dealkylation sites (tertiary alicyclic amines) is 2. The molecule has 4 heterocycles. The fourth-order valence-electron chi connectivity index (χ4n) is 8.84. The van der Waals surface area contributed by atoms with Crippen LogP contribution < -0.4 is 16.0 Å². The molecule has 14 nitrogen and oxygen atoms in total. The Morgan fingerprint density at radius 2 is 1.25 bits per heavy atom. The van der Waals surface area contributed by atoms with Gasteiger partial charge in [-0.1, -0.05) is 13.8 Å². The summed E-state index contributed by atoms with van der Waals surface area (Å²) in [7, 11) is 4.94. The van der Waals surface area contributed by atoms with Crippen LogP contribution in [0.1, 0.15) is 64.5 Å². The van der Waals surface area contributed by atoms with Crippen LogP contribution in [0.25, 0.3) is 33.2 Å². The van der Waals surface area contributed by atoms with E-state index in [2.05, 4.69) is 25.9 Å². The van der Waals surface area contributed by atoms with Crippen molar-refractivity contribution in [3.8, 4) is 11.4 Å². The third-order valence-electron chi connectivity index (χ3n) is 12.4. The van der Waals surface area contributed by atoms with Gasteiger partial charge in [-0.15, -0.1) is 0 Å². The molecule has 2 aliphatic heterocycles. The van der Waals surface area contributed by atoms with Crippen molar-refractivity contribution in [2.45, 2.75) is 115 Å². The highest BCUT2D eigenvalue weighted by molar-refractivity contribution is 5.97. The van der Waals surface area contributed by atoms with Gasteiger partial charge >= 0.3 is 0 Å². The van der Waals surface area contributed by atoms with Crippen LogP contribution in [0.2, 0.25) is 0 Å². The van der Waals surface area contributed by atoms with Crippen LogP contribution in [0.3, 0.4) is 0 Å². The number of aliphatic hydroxyl groups is 2. The minimum atomic E-state index is -0.817. The summed E-state index contributed by atoms with van der Waals surface area (Å²) in [4.78, 5) is 65.9. The second-order valence-corrected chi connectivity index (χ2v) is 16.2. The van der Waals surface area contributed by atoms with Gasteiger partial charge in [-0.2, -0.15) is 0 Å². The maximum absolute atomic E-state index is 14.8. The van der Waals surface area contributed by atoms with E-state index in [4.69, 9.17) is 0 Å². The SMILES string of the molecule is CCC(NC(=O)[C@H](C)NC)C(=O)N1C[C@@H](O)C[C@H]1Cc1c(-c2[nH]c3cc(F)ccc3c2C[C@@H]2C[C@H](O)CN2C(=O)[C@H](CC)N(C)C(=O)[C@H](C)NC)[nH]c2cc(F)ccc12. The molecule has 6 rings (SSSR count). The average Bonchev–Trinajstić information content (AvgIpc) is 3.97. The molecule has 16 heteroatoms. The Morgan fingerprint density at radius 3 is 1.69 bits per heavy atom. The highest BCUT2D eigenvalue weighted by Gasteiger charge is 2.41. The van der Waals surface area contributed by atoms with Gasteiger partial charge in [-0.25, -0.2) is 8.78 Å². The van der Waals surface area contributed by atoms with Crippen molar-refractivity contribution in [3.05, 3.63) is 59.2 Å². The largest absolute Gasteiger partial charge is 0.391 e. The Hall–Kier alpha value is -4.90. The van der Waals surface area contributed by atoms with Crippen molar-refractivity contribution in [1.29, 1.82) is 0 Å². The number of aromatic nitrogens is 2. The quantitative estimate of drug-likeness (QED) is 0.0955. The van der Waals surface area contributed by atoms with E-state index in [0.29, 0.717) is 46.0 Å². The number of halogens is 2. The van der Waals surface area contributed by atoms with E-state index in [1.165, 1.54) is 29.2 Å². The summed E-state index contributed by atoms with van der Waals surface area (Å²) >= 11 is 0. The number of aromatic amines is 2. The normalized spacial score (nSPS) is 21.5. The molecule has 0 radical (unpaired) electrons. The van der Waals surface area contributed by atoms with Gasteiger partial charge in [-0.05, 0) is 114 Å². The number of nitrogens with one attached hydrogen (secondary N) is 5. The molecule has 2 aliphatic rings. The van der Waals surface area contributed by atoms with E-state index in [0.717, 1.165) is 11.1 Å². The minimum Gasteiger partial charge on any atom is -0.391 e. The third-order valence-corrected chi connectivity index (χ3v) is 12.4. The standard InChI is InChI=1S/C43H58F2N8O6/c1-8-34(50-40(56)22(3)46-5)42(58)52-20-28(54)16-26(52)18-32-30-12-10-24(44)14-35(30)48-38(32)39-33(31-13-11-25(45)15-36(31)49-39)19-27-17-29(55)21-53(27)43(59)37(9-2)51(7)41(57)23(4)47-6/h10-15,22-23,26-29,34,37,46-49,54-55H,8-9,16-21H2,1-7H3,(H,50,56)/t22-,23-,26-,27-,28-,29-,34?,37-/m0/s1. The zero-order valence-corrected chi connectivity index (χ0v) is 34.9. The molecule has 7 N–H and O–H groups in total. The van der Waals surface area contributed by atoms with Crippen molar-refractivity contribution < 1.29 is 38.2 Å². The fraction of sp³-hybridized carbons (Fsp3) is 0.535. The summed E-state index contributed by atoms with van der Waals surface area (Å²) in [6.45, 7) is 7.22. The van der Waals surface area contributed by atoms with E-state index in [-0.39, 0.29) is 62.4 Å². The number of hydrogen-bond donors (Lipinski definition) is 7. The number of benzene rings is 2. The van der Waals surface area contributed by atoms with Crippen LogP contribution in [0.5, 0.6) is 0 Å². The fourth-order valence-corrected chi connectivity index (χ4v) is 8.84. The van der Waals surface area contributed by atoms with Crippen molar-refractivity contribution in [2.75, 3.05) is 34.2 Å². The van der Waals surface area contributed by atoms with Crippen molar-refractivity contribution >= 4 is 45.4 Å². The van der Waals surface area contributed by atoms with E-state index in [1.807, 2.05) is 13.8 Å². The van der Waals surface area contributed by atoms with Gasteiger partial charge in [0.2, 0.25) is 23.6 Å². The molecule has 2 aromatic heterocycles. The molecule has 4 aromatic rings. The number of hydrogen-bond acceptors (Lipinski definition) is 8. The first-order valence-corrected chi connectivity index (χ1v) is 20.6. The molecular formula is C43H58F2N8O6. The molecule has 8 atom stereocenters. The Labute approximate surface area is 343 Å². The molecule has 0 saturated carbocycles. The number of carbonyl (C=O) groups excluding carboxylic acids is 4. The summed E-state index contributed by atoms with van der Waals surface area (Å²) < 4.78 is 29.6. The van der Waals surface area contributed by atoms with Crippen molar-refractivity contribution in [3.63, 3.8) is 0 Å². The molecule has 2 fully saturated rings. The molecule has 4 amide bonds. The summed E-state index contributed by atoms with van der Waals surface area (Å²) in [5.41, 5.74) is 3.59. The maximum atomic E-state index is 14.8. The average molecular weight is 821 g/mol. The summed E-state index contributed by atoms with van der Waals surface area (Å²) in [5, 5.41) is 32.0. The van der Waals surface area contributed by atoms with Crippen LogP contribution in [0, 0.1) is 11.6 Å². The smallest absolute Gasteiger partial charge is 0.245 e. The lowest BCUT2D eigenvalue weighted by Gasteiger charge is -2.34. The van der Waals surface area contributed by atoms with Crippen LogP contribution in [0.15, 0.2) is 36.4 Å². The van der Waals surface area contributed by atoms with Crippen molar-refractivity contribution in [1.82, 2.24) is 40.6 Å². The number of aliphatic hydroxyl groups excluding tert-OH is 2. The highest BCUT2D eigenvalue weighted by Crippen LogP contribution is 2.40. The summed E-state index contributed by atoms with van der Waals surface area (Å²) in [5.74, 6) is -2.09. The monoisotopic (exact) mass is 820 g/mol. The van der Waals surface area contributed by atoms with Gasteiger partial charge in [0.25, 0.3) is 0 Å². The van der Waals surface area contributed by atoms with Gasteiger partial charge in [-0.3, -0.25) is 19.2 Å². The molecule has 0 bridgehead atoms. The highest BCUT2D eigenvalue weighted by atomic mass is 19.1. The first-order chi connectivity index (χ1) is 28.1. The van der Waals surface area contributed by atoms with Crippen LogP contribution in [-0.4, -0.2) is 141 Å². The molecular weight excluding hydrogens is 763 g/mol. The lowest BCUT2D eigenvalue weighted by Crippen LogP contribution is -2.54. The first-order valence-electron chi connectivity index (χ1n) is 20.6. The van der Waals surface area contributed by atoms with Crippen LogP contribution in [-0.2, 0) is 32.0 Å². The number of H-pyrrole nitrogens is 2. The number of likely N-dealkylation sites (N-methyl/N-ethyl adjacent to an activating group) is 3. The number of fused-ring (bicyclic) bond motifs is 2. The van der Waals surface area contributed by atoms with E-state index < -0.39 is 60.1 Å². The molecule has 1 unspecified atom stereocenters. The summed E-state index contributed by atoms with van der Waals surface area (Å²) in [6.07, 6.45) is 0.107. The Kier molecular flexibility index (Phi) is 13.4. The molecule has 0 aliphatic carbocycles. The molecule has 2 saturated heterocycles. The van der Waals surface area contributed by atoms with Gasteiger partial charge in [0.1, 0.15) is 23.7 Å². The topological polar surface area (TPSA) is 186 Å². The second kappa shape index (κ2) is 18.2. The lowest BCUT2D eigenvalue weighted by molar-refractivity contribution is -0.146. The zero-order valence-electron chi connectivity index (χ0n) is 34.9. The molecule has 59 heavy (non-hydrogen) atoms. The van der Waals surface area contributed by atoms with E-state index >= 15 is 0 Å². The number of rotatable bonds is 15. The van der Waals surface area contributed by atoms with Gasteiger partial charge in [0, 0.05) is 54.0 Å². The number of amides is 4. The predicted molar refractivity (Wildman–Crippen MR) is 221 cm³/mol. The predicted octanol–water partition coefficient (Wildman–Crippen LogP) is 2.95. The third kappa shape index (κ3) is 8.86. The van der Waals surface area contributed by atoms with Gasteiger partial charge < -0.3 is 50.8 Å². The van der Waals surface area contributed by atoms with Crippen molar-refractivity contribution in [2.24, 2.45) is 0 Å². The molecule has 320 valence electrons. The van der Waals surface area contributed by atoms with E-state index in [9.17, 15) is 38.2 Å². The second-order valence-electron chi connectivity index (χ2n) is 16.2. The number of carbonyl (C=O) groups is 4. The first kappa shape index (κ1) is 43.7. The number of nitrogens with zero attached hydrogens (tertiary/aromatic N) is 3. The minimum absolute atomic E-state index is 0.0714. The Morgan fingerprint density at radius 1 is 0.780 bits per heavy atom. The van der Waals surface area contributed by atoms with E-state index in [1.54, 1.807) is 56.9 Å². The van der Waals surface area contributed by atoms with Crippen LogP contribution >= 0.6 is 0 Å². The Balaban J connectivity index is 1.41.